The van der Waals surface area contributed by atoms with Gasteiger partial charge in [0.1, 0.15) is 0 Å². The van der Waals surface area contributed by atoms with E-state index in [4.69, 9.17) is 11.6 Å². The normalized spacial score (nSPS) is 19.9. The van der Waals surface area contributed by atoms with Crippen LogP contribution in [0.1, 0.15) is 50.1 Å². The Morgan fingerprint density at radius 2 is 1.60 bits per heavy atom. The summed E-state index contributed by atoms with van der Waals surface area (Å²) >= 11 is 6.16. The molecule has 3 nitrogen and oxygen atoms in total. The summed E-state index contributed by atoms with van der Waals surface area (Å²) < 4.78 is 0. The molecule has 2 N–H and O–H groups in total. The van der Waals surface area contributed by atoms with Crippen LogP contribution in [-0.4, -0.2) is 41.8 Å². The molecule has 1 saturated carbocycles. The number of nitrogens with zero attached hydrogens (tertiary/aromatic N) is 1. The summed E-state index contributed by atoms with van der Waals surface area (Å²) in [5, 5.41) is 15.5. The van der Waals surface area contributed by atoms with E-state index in [1.807, 2.05) is 18.2 Å². The van der Waals surface area contributed by atoms with Gasteiger partial charge in [0.15, 0.2) is 0 Å². The highest BCUT2D eigenvalue weighted by molar-refractivity contribution is 6.30. The van der Waals surface area contributed by atoms with Crippen molar-refractivity contribution >= 4 is 36.4 Å². The van der Waals surface area contributed by atoms with E-state index in [-0.39, 0.29) is 30.9 Å². The van der Waals surface area contributed by atoms with Crippen LogP contribution < -0.4 is 5.32 Å². The van der Waals surface area contributed by atoms with Crippen molar-refractivity contribution < 1.29 is 5.11 Å². The van der Waals surface area contributed by atoms with Crippen molar-refractivity contribution in [1.82, 2.24) is 10.2 Å². The minimum absolute atomic E-state index is 0. The van der Waals surface area contributed by atoms with Gasteiger partial charge in [-0.25, -0.2) is 0 Å². The summed E-state index contributed by atoms with van der Waals surface area (Å²) in [4.78, 5) is 2.55. The number of halogens is 3. The van der Waals surface area contributed by atoms with Crippen LogP contribution in [-0.2, 0) is 0 Å². The molecule has 0 aromatic heterocycles. The molecule has 1 saturated heterocycles. The molecule has 4 rings (SSSR count). The molecule has 1 aliphatic carbocycles. The summed E-state index contributed by atoms with van der Waals surface area (Å²) in [6.07, 6.45) is 6.28. The van der Waals surface area contributed by atoms with Crippen molar-refractivity contribution in [1.29, 1.82) is 0 Å². The first kappa shape index (κ1) is 25.5. The quantitative estimate of drug-likeness (QED) is 0.571. The number of nitrogens with one attached hydrogen (secondary N) is 1. The molecule has 0 unspecified atom stereocenters. The maximum Gasteiger partial charge on any atom is 0.0666 e. The predicted octanol–water partition coefficient (Wildman–Crippen LogP) is 5.88. The first-order valence-corrected chi connectivity index (χ1v) is 11.0. The van der Waals surface area contributed by atoms with Gasteiger partial charge in [-0.1, -0.05) is 67.3 Å². The van der Waals surface area contributed by atoms with E-state index in [2.05, 4.69) is 40.5 Å². The molecule has 1 atom stereocenters. The molecule has 6 heteroatoms. The van der Waals surface area contributed by atoms with Crippen LogP contribution in [0.2, 0.25) is 5.02 Å². The maximum absolute atomic E-state index is 11.2. The molecule has 2 aromatic carbocycles. The van der Waals surface area contributed by atoms with E-state index in [1.54, 1.807) is 0 Å². The monoisotopic (exact) mass is 470 g/mol. The lowest BCUT2D eigenvalue weighted by atomic mass is 9.78. The molecule has 0 bridgehead atoms. The minimum atomic E-state index is -0.514. The van der Waals surface area contributed by atoms with Crippen LogP contribution in [0.5, 0.6) is 0 Å². The van der Waals surface area contributed by atoms with E-state index < -0.39 is 5.60 Å². The lowest BCUT2D eigenvalue weighted by Crippen LogP contribution is -2.47. The van der Waals surface area contributed by atoms with Gasteiger partial charge >= 0.3 is 0 Å². The SMILES string of the molecule is Cl.Cl.OC1(C[C@H](c2ccc(-c3cccc(Cl)c3)cc2)N2CCNCC2)CCCCC1. The third-order valence-corrected chi connectivity index (χ3v) is 6.64. The first-order chi connectivity index (χ1) is 13.6. The molecular weight excluding hydrogens is 439 g/mol. The lowest BCUT2D eigenvalue weighted by Gasteiger charge is -2.41. The van der Waals surface area contributed by atoms with Gasteiger partial charge in [-0.05, 0) is 48.1 Å². The van der Waals surface area contributed by atoms with E-state index in [0.717, 1.165) is 68.9 Å². The van der Waals surface area contributed by atoms with Crippen molar-refractivity contribution in [2.75, 3.05) is 26.2 Å². The van der Waals surface area contributed by atoms with Crippen LogP contribution in [0.4, 0.5) is 0 Å². The Bertz CT molecular complexity index is 772. The molecule has 2 fully saturated rings. The van der Waals surface area contributed by atoms with Gasteiger partial charge in [0.05, 0.1) is 5.60 Å². The van der Waals surface area contributed by atoms with Gasteiger partial charge < -0.3 is 10.4 Å². The van der Waals surface area contributed by atoms with Gasteiger partial charge in [0.2, 0.25) is 0 Å². The molecule has 1 heterocycles. The van der Waals surface area contributed by atoms with Crippen LogP contribution >= 0.6 is 36.4 Å². The second-order valence-electron chi connectivity index (χ2n) is 8.42. The Morgan fingerprint density at radius 3 is 2.23 bits per heavy atom. The fourth-order valence-electron chi connectivity index (χ4n) is 4.79. The van der Waals surface area contributed by atoms with Crippen LogP contribution in [0.15, 0.2) is 48.5 Å². The summed E-state index contributed by atoms with van der Waals surface area (Å²) in [6.45, 7) is 4.12. The second-order valence-corrected chi connectivity index (χ2v) is 8.86. The fourth-order valence-corrected chi connectivity index (χ4v) is 4.98. The van der Waals surface area contributed by atoms with Crippen LogP contribution in [0.3, 0.4) is 0 Å². The maximum atomic E-state index is 11.2. The van der Waals surface area contributed by atoms with E-state index >= 15 is 0 Å². The summed E-state index contributed by atoms with van der Waals surface area (Å²) in [6, 6.07) is 17.2. The highest BCUT2D eigenvalue weighted by atomic mass is 35.5. The zero-order valence-corrected chi connectivity index (χ0v) is 19.7. The first-order valence-electron chi connectivity index (χ1n) is 10.7. The molecule has 2 aliphatic rings. The molecule has 0 spiro atoms. The minimum Gasteiger partial charge on any atom is -0.390 e. The van der Waals surface area contributed by atoms with E-state index in [0.29, 0.717) is 0 Å². The van der Waals surface area contributed by atoms with Gasteiger partial charge in [0, 0.05) is 37.2 Å². The predicted molar refractivity (Wildman–Crippen MR) is 131 cm³/mol. The Labute approximate surface area is 198 Å². The average Bonchev–Trinajstić information content (AvgIpc) is 2.73. The highest BCUT2D eigenvalue weighted by Crippen LogP contribution is 2.38. The van der Waals surface area contributed by atoms with Gasteiger partial charge in [-0.3, -0.25) is 4.90 Å². The number of benzene rings is 2. The van der Waals surface area contributed by atoms with Crippen molar-refractivity contribution in [3.63, 3.8) is 0 Å². The zero-order chi connectivity index (χ0) is 19.4. The topological polar surface area (TPSA) is 35.5 Å². The van der Waals surface area contributed by atoms with E-state index in [9.17, 15) is 5.11 Å². The largest absolute Gasteiger partial charge is 0.390 e. The molecule has 0 amide bonds. The Hall–Kier alpha value is -0.810. The molecular formula is C24H33Cl3N2O. The summed E-state index contributed by atoms with van der Waals surface area (Å²) in [5.74, 6) is 0. The van der Waals surface area contributed by atoms with Crippen LogP contribution in [0, 0.1) is 0 Å². The molecule has 0 radical (unpaired) electrons. The Balaban J connectivity index is 0.00000160. The Kier molecular flexibility index (Phi) is 9.93. The lowest BCUT2D eigenvalue weighted by molar-refractivity contribution is -0.0296. The standard InChI is InChI=1S/C24H31ClN2O.2ClH/c25-22-6-4-5-21(17-22)19-7-9-20(10-8-19)23(27-15-13-26-14-16-27)18-24(28)11-2-1-3-12-24;;/h4-10,17,23,26,28H,1-3,11-16,18H2;2*1H/t23-;;/m1../s1. The van der Waals surface area contributed by atoms with Gasteiger partial charge in [-0.2, -0.15) is 0 Å². The van der Waals surface area contributed by atoms with Crippen molar-refractivity contribution in [3.8, 4) is 11.1 Å². The molecule has 166 valence electrons. The fraction of sp³-hybridized carbons (Fsp3) is 0.500. The molecule has 1 aliphatic heterocycles. The van der Waals surface area contributed by atoms with Gasteiger partial charge in [-0.15, -0.1) is 24.8 Å². The summed E-state index contributed by atoms with van der Waals surface area (Å²) in [7, 11) is 0. The third kappa shape index (κ3) is 6.35. The highest BCUT2D eigenvalue weighted by Gasteiger charge is 2.35. The number of hydrogen-bond acceptors (Lipinski definition) is 3. The van der Waals surface area contributed by atoms with Crippen LogP contribution in [0.25, 0.3) is 11.1 Å². The summed E-state index contributed by atoms with van der Waals surface area (Å²) in [5.41, 5.74) is 3.12. The van der Waals surface area contributed by atoms with Crippen molar-refractivity contribution in [3.05, 3.63) is 59.1 Å². The average molecular weight is 472 g/mol. The van der Waals surface area contributed by atoms with Crippen molar-refractivity contribution in [2.45, 2.75) is 50.2 Å². The van der Waals surface area contributed by atoms with Crippen molar-refractivity contribution in [2.24, 2.45) is 0 Å². The number of hydrogen-bond donors (Lipinski definition) is 2. The van der Waals surface area contributed by atoms with E-state index in [1.165, 1.54) is 17.5 Å². The molecule has 30 heavy (non-hydrogen) atoms. The zero-order valence-electron chi connectivity index (χ0n) is 17.4. The second kappa shape index (κ2) is 11.7. The smallest absolute Gasteiger partial charge is 0.0666 e. The molecule has 2 aromatic rings. The Morgan fingerprint density at radius 1 is 0.933 bits per heavy atom. The number of piperazine rings is 1. The number of aliphatic hydroxyl groups is 1. The third-order valence-electron chi connectivity index (χ3n) is 6.40. The van der Waals surface area contributed by atoms with Gasteiger partial charge in [0.25, 0.3) is 0 Å². The number of rotatable bonds is 5.